The van der Waals surface area contributed by atoms with Crippen molar-refractivity contribution in [3.63, 3.8) is 0 Å². The van der Waals surface area contributed by atoms with Gasteiger partial charge in [-0.2, -0.15) is 0 Å². The number of hydrogen-bond acceptors (Lipinski definition) is 4. The highest BCUT2D eigenvalue weighted by molar-refractivity contribution is 6.26. The van der Waals surface area contributed by atoms with E-state index in [4.69, 9.17) is 4.74 Å². The normalized spacial score (nSPS) is 13.6. The molecule has 1 aliphatic rings. The van der Waals surface area contributed by atoms with Crippen molar-refractivity contribution in [3.05, 3.63) is 108 Å². The Hall–Kier alpha value is -4.65. The maximum Gasteiger partial charge on any atom is 0.259 e. The lowest BCUT2D eigenvalue weighted by atomic mass is 10.0. The van der Waals surface area contributed by atoms with E-state index in [1.54, 1.807) is 18.1 Å². The van der Waals surface area contributed by atoms with Crippen LogP contribution in [0.3, 0.4) is 0 Å². The number of nitrogens with zero attached hydrogens (tertiary/aromatic N) is 2. The van der Waals surface area contributed by atoms with E-state index in [1.807, 2.05) is 98.8 Å². The summed E-state index contributed by atoms with van der Waals surface area (Å²) in [7, 11) is 1.59. The second kappa shape index (κ2) is 12.3. The van der Waals surface area contributed by atoms with Crippen molar-refractivity contribution in [2.45, 2.75) is 45.3 Å². The third-order valence-electron chi connectivity index (χ3n) is 7.70. The number of hydrogen-bond donors (Lipinski definition) is 1. The largest absolute Gasteiger partial charge is 0.497 e. The molecule has 4 aromatic carbocycles. The minimum absolute atomic E-state index is 0.0539. The molecule has 0 aromatic heterocycles. The number of carbonyl (C=O) groups is 3. The third kappa shape index (κ3) is 5.94. The Labute approximate surface area is 240 Å². The van der Waals surface area contributed by atoms with Crippen molar-refractivity contribution in [1.29, 1.82) is 0 Å². The second-order valence-corrected chi connectivity index (χ2v) is 10.5. The first kappa shape index (κ1) is 27.9. The molecule has 1 aliphatic heterocycles. The Balaban J connectivity index is 1.52. The molecule has 1 heterocycles. The topological polar surface area (TPSA) is 79.0 Å². The summed E-state index contributed by atoms with van der Waals surface area (Å²) >= 11 is 0. The van der Waals surface area contributed by atoms with Gasteiger partial charge in [-0.3, -0.25) is 19.3 Å². The van der Waals surface area contributed by atoms with Crippen LogP contribution in [0.15, 0.2) is 91.0 Å². The Morgan fingerprint density at radius 2 is 1.63 bits per heavy atom. The molecule has 2 unspecified atom stereocenters. The number of amides is 3. The average Bonchev–Trinajstić information content (AvgIpc) is 3.27. The van der Waals surface area contributed by atoms with Crippen LogP contribution in [-0.2, 0) is 22.6 Å². The molecule has 5 rings (SSSR count). The highest BCUT2D eigenvalue weighted by Crippen LogP contribution is 2.37. The Morgan fingerprint density at radius 3 is 2.37 bits per heavy atom. The van der Waals surface area contributed by atoms with Crippen LogP contribution in [-0.4, -0.2) is 48.4 Å². The summed E-state index contributed by atoms with van der Waals surface area (Å²) in [6.45, 7) is 3.96. The number of anilines is 1. The van der Waals surface area contributed by atoms with E-state index < -0.39 is 6.04 Å². The summed E-state index contributed by atoms with van der Waals surface area (Å²) < 4.78 is 5.42. The lowest BCUT2D eigenvalue weighted by Gasteiger charge is -2.33. The third-order valence-corrected chi connectivity index (χ3v) is 7.70. The van der Waals surface area contributed by atoms with Crippen LogP contribution >= 0.6 is 0 Å². The number of rotatable bonds is 11. The summed E-state index contributed by atoms with van der Waals surface area (Å²) in [5.41, 5.74) is 3.06. The van der Waals surface area contributed by atoms with Crippen molar-refractivity contribution < 1.29 is 19.1 Å². The van der Waals surface area contributed by atoms with Crippen LogP contribution in [0.2, 0.25) is 0 Å². The van der Waals surface area contributed by atoms with E-state index in [-0.39, 0.29) is 36.9 Å². The van der Waals surface area contributed by atoms with Crippen molar-refractivity contribution in [1.82, 2.24) is 10.2 Å². The maximum absolute atomic E-state index is 14.3. The van der Waals surface area contributed by atoms with E-state index >= 15 is 0 Å². The van der Waals surface area contributed by atoms with Gasteiger partial charge < -0.3 is 15.0 Å². The zero-order valence-corrected chi connectivity index (χ0v) is 23.7. The first-order chi connectivity index (χ1) is 19.9. The van der Waals surface area contributed by atoms with Crippen LogP contribution in [0.1, 0.15) is 41.8 Å². The van der Waals surface area contributed by atoms with E-state index in [9.17, 15) is 14.4 Å². The van der Waals surface area contributed by atoms with Gasteiger partial charge in [-0.25, -0.2) is 0 Å². The number of carbonyl (C=O) groups excluding carboxylic acids is 3. The Kier molecular flexibility index (Phi) is 8.34. The monoisotopic (exact) mass is 549 g/mol. The summed E-state index contributed by atoms with van der Waals surface area (Å²) in [5, 5.41) is 4.89. The molecule has 0 radical (unpaired) electrons. The molecule has 3 amide bonds. The van der Waals surface area contributed by atoms with Gasteiger partial charge in [0.2, 0.25) is 11.8 Å². The van der Waals surface area contributed by atoms with Crippen molar-refractivity contribution in [3.8, 4) is 5.75 Å². The predicted molar refractivity (Wildman–Crippen MR) is 161 cm³/mol. The molecule has 0 saturated carbocycles. The lowest BCUT2D eigenvalue weighted by Crippen LogP contribution is -2.54. The summed E-state index contributed by atoms with van der Waals surface area (Å²) in [6, 6.07) is 27.7. The fourth-order valence-electron chi connectivity index (χ4n) is 5.32. The van der Waals surface area contributed by atoms with Gasteiger partial charge in [0.15, 0.2) is 0 Å². The minimum atomic E-state index is -0.791. The Bertz CT molecular complexity index is 1560. The number of nitrogens with one attached hydrogen (secondary N) is 1. The molecule has 7 nitrogen and oxygen atoms in total. The molecule has 210 valence electrons. The zero-order chi connectivity index (χ0) is 28.9. The Morgan fingerprint density at radius 1 is 0.927 bits per heavy atom. The zero-order valence-electron chi connectivity index (χ0n) is 23.7. The SMILES string of the molecule is CCC(C)NC(=O)C(Cc1ccccc1)N(Cc1cccc(OC)c1)C(=O)CN1C(=O)c2cccc3cccc1c23. The first-order valence-corrected chi connectivity index (χ1v) is 14.0. The van der Waals surface area contributed by atoms with Crippen LogP contribution in [0, 0.1) is 0 Å². The molecule has 1 N–H and O–H groups in total. The van der Waals surface area contributed by atoms with Crippen LogP contribution < -0.4 is 15.0 Å². The average molecular weight is 550 g/mol. The summed E-state index contributed by atoms with van der Waals surface area (Å²) in [5.74, 6) is -0.0886. The summed E-state index contributed by atoms with van der Waals surface area (Å²) in [4.78, 5) is 44.7. The maximum atomic E-state index is 14.3. The van der Waals surface area contributed by atoms with Gasteiger partial charge in [0.05, 0.1) is 12.8 Å². The molecule has 0 bridgehead atoms. The quantitative estimate of drug-likeness (QED) is 0.273. The van der Waals surface area contributed by atoms with Crippen LogP contribution in [0.4, 0.5) is 5.69 Å². The van der Waals surface area contributed by atoms with Gasteiger partial charge in [0, 0.05) is 30.0 Å². The molecule has 0 saturated heterocycles. The number of methoxy groups -OCH3 is 1. The van der Waals surface area contributed by atoms with E-state index in [2.05, 4.69) is 5.32 Å². The van der Waals surface area contributed by atoms with Crippen molar-refractivity contribution in [2.24, 2.45) is 0 Å². The first-order valence-electron chi connectivity index (χ1n) is 14.0. The van der Waals surface area contributed by atoms with Gasteiger partial charge in [-0.1, -0.05) is 73.7 Å². The number of ether oxygens (including phenoxy) is 1. The number of benzene rings is 4. The van der Waals surface area contributed by atoms with E-state index in [0.717, 1.165) is 28.3 Å². The van der Waals surface area contributed by atoms with Crippen molar-refractivity contribution in [2.75, 3.05) is 18.6 Å². The fourth-order valence-corrected chi connectivity index (χ4v) is 5.32. The smallest absolute Gasteiger partial charge is 0.259 e. The minimum Gasteiger partial charge on any atom is -0.497 e. The van der Waals surface area contributed by atoms with Crippen molar-refractivity contribution >= 4 is 34.2 Å². The van der Waals surface area contributed by atoms with Gasteiger partial charge in [0.1, 0.15) is 18.3 Å². The molecule has 0 spiro atoms. The van der Waals surface area contributed by atoms with Gasteiger partial charge in [0.25, 0.3) is 5.91 Å². The van der Waals surface area contributed by atoms with E-state index in [1.165, 1.54) is 4.90 Å². The molecule has 0 fully saturated rings. The second-order valence-electron chi connectivity index (χ2n) is 10.5. The highest BCUT2D eigenvalue weighted by atomic mass is 16.5. The fraction of sp³-hybridized carbons (Fsp3) is 0.265. The molecular weight excluding hydrogens is 514 g/mol. The highest BCUT2D eigenvalue weighted by Gasteiger charge is 2.36. The molecule has 41 heavy (non-hydrogen) atoms. The molecule has 0 aliphatic carbocycles. The van der Waals surface area contributed by atoms with Crippen LogP contribution in [0.25, 0.3) is 10.8 Å². The molecule has 4 aromatic rings. The standard InChI is InChI=1S/C34H35N3O4/c1-4-23(2)35-33(39)30(20-24-11-6-5-7-12-24)36(21-25-13-8-16-27(19-25)41-3)31(38)22-37-29-18-10-15-26-14-9-17-28(32(26)29)34(37)40/h5-19,23,30H,4,20-22H2,1-3H3,(H,35,39). The van der Waals surface area contributed by atoms with E-state index in [0.29, 0.717) is 23.4 Å². The van der Waals surface area contributed by atoms with Gasteiger partial charge >= 0.3 is 0 Å². The lowest BCUT2D eigenvalue weighted by molar-refractivity contribution is -0.140. The van der Waals surface area contributed by atoms with Gasteiger partial charge in [-0.15, -0.1) is 0 Å². The van der Waals surface area contributed by atoms with Gasteiger partial charge in [-0.05, 0) is 54.1 Å². The molecule has 2 atom stereocenters. The molecule has 7 heteroatoms. The van der Waals surface area contributed by atoms with Crippen LogP contribution in [0.5, 0.6) is 5.75 Å². The molecular formula is C34H35N3O4. The predicted octanol–water partition coefficient (Wildman–Crippen LogP) is 5.36. The summed E-state index contributed by atoms with van der Waals surface area (Å²) in [6.07, 6.45) is 1.10.